The van der Waals surface area contributed by atoms with Gasteiger partial charge in [-0.25, -0.2) is 0 Å². The lowest BCUT2D eigenvalue weighted by Gasteiger charge is -2.09. The van der Waals surface area contributed by atoms with Crippen molar-refractivity contribution in [3.8, 4) is 0 Å². The molecule has 0 fully saturated rings. The average molecular weight is 450 g/mol. The van der Waals surface area contributed by atoms with E-state index in [0.29, 0.717) is 16.8 Å². The second kappa shape index (κ2) is 9.60. The molecule has 0 aliphatic rings. The number of non-ortho nitro benzene ring substituents is 1. The first-order chi connectivity index (χ1) is 13.3. The molecule has 0 aliphatic carbocycles. The molecule has 0 bridgehead atoms. The molecule has 28 heavy (non-hydrogen) atoms. The van der Waals surface area contributed by atoms with Crippen molar-refractivity contribution in [3.63, 3.8) is 0 Å². The van der Waals surface area contributed by atoms with Gasteiger partial charge in [0, 0.05) is 27.9 Å². The monoisotopic (exact) mass is 449 g/mol. The summed E-state index contributed by atoms with van der Waals surface area (Å²) in [4.78, 5) is 45.7. The van der Waals surface area contributed by atoms with Gasteiger partial charge >= 0.3 is 5.97 Å². The van der Waals surface area contributed by atoms with Gasteiger partial charge in [0.25, 0.3) is 17.5 Å². The number of esters is 1. The lowest BCUT2D eigenvalue weighted by molar-refractivity contribution is -0.384. The average Bonchev–Trinajstić information content (AvgIpc) is 2.65. The van der Waals surface area contributed by atoms with E-state index < -0.39 is 35.9 Å². The highest BCUT2D eigenvalue weighted by Gasteiger charge is 2.13. The molecular weight excluding hydrogens is 434 g/mol. The maximum absolute atomic E-state index is 11.9. The Balaban J connectivity index is 1.78. The van der Waals surface area contributed by atoms with Gasteiger partial charge in [-0.3, -0.25) is 24.5 Å². The molecule has 2 aromatic carbocycles. The van der Waals surface area contributed by atoms with Crippen molar-refractivity contribution in [3.05, 3.63) is 68.2 Å². The van der Waals surface area contributed by atoms with Gasteiger partial charge < -0.3 is 15.4 Å². The van der Waals surface area contributed by atoms with Crippen LogP contribution in [0, 0.1) is 17.0 Å². The van der Waals surface area contributed by atoms with E-state index in [9.17, 15) is 24.5 Å². The summed E-state index contributed by atoms with van der Waals surface area (Å²) in [7, 11) is 0. The summed E-state index contributed by atoms with van der Waals surface area (Å²) >= 11 is 3.25. The van der Waals surface area contributed by atoms with Gasteiger partial charge in [0.05, 0.1) is 4.92 Å². The number of nitrogens with zero attached hydrogens (tertiary/aromatic N) is 1. The van der Waals surface area contributed by atoms with Crippen LogP contribution in [-0.2, 0) is 14.3 Å². The van der Waals surface area contributed by atoms with Crippen LogP contribution in [-0.4, -0.2) is 35.9 Å². The van der Waals surface area contributed by atoms with Crippen LogP contribution in [0.5, 0.6) is 0 Å². The van der Waals surface area contributed by atoms with Crippen LogP contribution in [0.2, 0.25) is 0 Å². The Morgan fingerprint density at radius 3 is 2.57 bits per heavy atom. The zero-order valence-corrected chi connectivity index (χ0v) is 16.3. The Kier molecular flexibility index (Phi) is 7.21. The van der Waals surface area contributed by atoms with Gasteiger partial charge in [0.15, 0.2) is 6.61 Å². The highest BCUT2D eigenvalue weighted by molar-refractivity contribution is 9.10. The number of benzene rings is 2. The Morgan fingerprint density at radius 1 is 1.18 bits per heavy atom. The zero-order chi connectivity index (χ0) is 20.7. The molecule has 0 atom stereocenters. The number of hydrogen-bond donors (Lipinski definition) is 2. The third-order valence-electron chi connectivity index (χ3n) is 3.54. The van der Waals surface area contributed by atoms with Gasteiger partial charge in [0.1, 0.15) is 6.54 Å². The topological polar surface area (TPSA) is 128 Å². The number of hydrogen-bond acceptors (Lipinski definition) is 6. The molecule has 0 aliphatic heterocycles. The molecule has 0 saturated carbocycles. The van der Waals surface area contributed by atoms with Crippen LogP contribution in [0.15, 0.2) is 46.9 Å². The third-order valence-corrected chi connectivity index (χ3v) is 4.03. The van der Waals surface area contributed by atoms with Crippen molar-refractivity contribution < 1.29 is 24.0 Å². The van der Waals surface area contributed by atoms with Crippen LogP contribution >= 0.6 is 15.9 Å². The number of anilines is 1. The number of amides is 2. The highest BCUT2D eigenvalue weighted by atomic mass is 79.9. The maximum atomic E-state index is 11.9. The molecule has 0 aromatic heterocycles. The highest BCUT2D eigenvalue weighted by Crippen LogP contribution is 2.21. The van der Waals surface area contributed by atoms with E-state index in [2.05, 4.69) is 26.6 Å². The molecular formula is C18H16BrN3O6. The molecule has 2 N–H and O–H groups in total. The molecule has 0 radical (unpaired) electrons. The summed E-state index contributed by atoms with van der Waals surface area (Å²) < 4.78 is 5.53. The summed E-state index contributed by atoms with van der Waals surface area (Å²) in [5, 5.41) is 15.6. The number of carbonyl (C=O) groups excluding carboxylic acids is 3. The van der Waals surface area contributed by atoms with E-state index in [1.165, 1.54) is 18.2 Å². The molecule has 0 saturated heterocycles. The largest absolute Gasteiger partial charge is 0.454 e. The Morgan fingerprint density at radius 2 is 1.93 bits per heavy atom. The molecule has 10 heteroatoms. The smallest absolute Gasteiger partial charge is 0.325 e. The number of ether oxygens (including phenoxy) is 1. The molecule has 2 aromatic rings. The van der Waals surface area contributed by atoms with E-state index in [-0.39, 0.29) is 5.69 Å². The molecule has 0 spiro atoms. The number of aryl methyl sites for hydroxylation is 1. The van der Waals surface area contributed by atoms with Crippen LogP contribution in [0.4, 0.5) is 11.4 Å². The molecule has 0 unspecified atom stereocenters. The summed E-state index contributed by atoms with van der Waals surface area (Å²) in [5.74, 6) is -1.84. The lowest BCUT2D eigenvalue weighted by atomic mass is 10.2. The number of nitro groups is 1. The van der Waals surface area contributed by atoms with Crippen molar-refractivity contribution in [1.82, 2.24) is 5.32 Å². The first-order valence-corrected chi connectivity index (χ1v) is 8.80. The van der Waals surface area contributed by atoms with Crippen LogP contribution in [0.1, 0.15) is 15.9 Å². The molecule has 2 amide bonds. The van der Waals surface area contributed by atoms with E-state index in [1.54, 1.807) is 31.2 Å². The Bertz CT molecular complexity index is 931. The SMILES string of the molecule is Cc1cc([N+](=O)[O-])ccc1NC(=O)COC(=O)CNC(=O)c1cccc(Br)c1. The number of carbonyl (C=O) groups is 3. The summed E-state index contributed by atoms with van der Waals surface area (Å²) in [6.07, 6.45) is 0. The van der Waals surface area contributed by atoms with Crippen molar-refractivity contribution in [2.45, 2.75) is 6.92 Å². The fourth-order valence-electron chi connectivity index (χ4n) is 2.17. The first-order valence-electron chi connectivity index (χ1n) is 8.00. The molecule has 146 valence electrons. The van der Waals surface area contributed by atoms with Crippen molar-refractivity contribution in [1.29, 1.82) is 0 Å². The molecule has 0 heterocycles. The summed E-state index contributed by atoms with van der Waals surface area (Å²) in [5.41, 5.74) is 1.14. The predicted molar refractivity (Wildman–Crippen MR) is 104 cm³/mol. The standard InChI is InChI=1S/C18H16BrN3O6/c1-11-7-14(22(26)27)5-6-15(11)21-16(23)10-28-17(24)9-20-18(25)12-3-2-4-13(19)8-12/h2-8H,9-10H2,1H3,(H,20,25)(H,21,23). The van der Waals surface area contributed by atoms with Crippen LogP contribution < -0.4 is 10.6 Å². The minimum Gasteiger partial charge on any atom is -0.454 e. The van der Waals surface area contributed by atoms with E-state index in [0.717, 1.165) is 4.47 Å². The second-order valence-corrected chi connectivity index (χ2v) is 6.57. The minimum absolute atomic E-state index is 0.0943. The van der Waals surface area contributed by atoms with E-state index in [4.69, 9.17) is 4.74 Å². The minimum atomic E-state index is -0.779. The van der Waals surface area contributed by atoms with Gasteiger partial charge in [-0.15, -0.1) is 0 Å². The Hall–Kier alpha value is -3.27. The lowest BCUT2D eigenvalue weighted by Crippen LogP contribution is -2.32. The van der Waals surface area contributed by atoms with Gasteiger partial charge in [0.2, 0.25) is 0 Å². The third kappa shape index (κ3) is 6.16. The van der Waals surface area contributed by atoms with E-state index >= 15 is 0 Å². The zero-order valence-electron chi connectivity index (χ0n) is 14.7. The van der Waals surface area contributed by atoms with Gasteiger partial charge in [-0.05, 0) is 36.8 Å². The van der Waals surface area contributed by atoms with Crippen molar-refractivity contribution in [2.24, 2.45) is 0 Å². The number of nitro benzene ring substituents is 1. The second-order valence-electron chi connectivity index (χ2n) is 5.66. The maximum Gasteiger partial charge on any atom is 0.325 e. The van der Waals surface area contributed by atoms with E-state index in [1.807, 2.05) is 0 Å². The normalized spacial score (nSPS) is 10.1. The van der Waals surface area contributed by atoms with Gasteiger partial charge in [-0.1, -0.05) is 22.0 Å². The quantitative estimate of drug-likeness (QED) is 0.379. The van der Waals surface area contributed by atoms with Crippen LogP contribution in [0.25, 0.3) is 0 Å². The van der Waals surface area contributed by atoms with Crippen molar-refractivity contribution in [2.75, 3.05) is 18.5 Å². The number of nitrogens with one attached hydrogen (secondary N) is 2. The van der Waals surface area contributed by atoms with Crippen molar-refractivity contribution >= 4 is 45.1 Å². The first kappa shape index (κ1) is 21.0. The van der Waals surface area contributed by atoms with Crippen LogP contribution in [0.3, 0.4) is 0 Å². The number of rotatable bonds is 7. The van der Waals surface area contributed by atoms with Gasteiger partial charge in [-0.2, -0.15) is 0 Å². The number of halogens is 1. The predicted octanol–water partition coefficient (Wildman–Crippen LogP) is 2.58. The Labute approximate surface area is 168 Å². The summed E-state index contributed by atoms with van der Waals surface area (Å²) in [6.45, 7) is 0.656. The fourth-order valence-corrected chi connectivity index (χ4v) is 2.57. The summed E-state index contributed by atoms with van der Waals surface area (Å²) in [6, 6.07) is 10.6. The fraction of sp³-hybridized carbons (Fsp3) is 0.167. The molecule has 9 nitrogen and oxygen atoms in total. The molecule has 2 rings (SSSR count).